The number of rotatable bonds is 4. The molecule has 0 amide bonds. The number of hydrogen-bond acceptors (Lipinski definition) is 2. The van der Waals surface area contributed by atoms with Crippen molar-refractivity contribution in [2.75, 3.05) is 7.11 Å². The van der Waals surface area contributed by atoms with Gasteiger partial charge in [0.15, 0.2) is 0 Å². The fraction of sp³-hybridized carbons (Fsp3) is 1.00. The van der Waals surface area contributed by atoms with Crippen molar-refractivity contribution in [2.24, 2.45) is 17.8 Å². The maximum Gasteiger partial charge on any atom is 0.0593 e. The normalized spacial score (nSPS) is 36.2. The Balaban J connectivity index is 2.37. The second kappa shape index (κ2) is 5.86. The lowest BCUT2D eigenvalue weighted by atomic mass is 9.73. The molecule has 2 heteroatoms. The summed E-state index contributed by atoms with van der Waals surface area (Å²) in [4.78, 5) is 0. The molecule has 0 aromatic heterocycles. The summed E-state index contributed by atoms with van der Waals surface area (Å²) in [6.45, 7) is 6.66. The van der Waals surface area contributed by atoms with Crippen LogP contribution in [-0.2, 0) is 4.74 Å². The molecule has 0 radical (unpaired) electrons. The summed E-state index contributed by atoms with van der Waals surface area (Å²) in [7, 11) is 1.71. The number of methoxy groups -OCH3 is 1. The molecule has 1 aliphatic rings. The fourth-order valence-electron chi connectivity index (χ4n) is 2.57. The lowest BCUT2D eigenvalue weighted by Crippen LogP contribution is -2.31. The van der Waals surface area contributed by atoms with Crippen molar-refractivity contribution < 1.29 is 9.84 Å². The van der Waals surface area contributed by atoms with Crippen molar-refractivity contribution >= 4 is 0 Å². The number of aliphatic hydroxyl groups is 1. The summed E-state index contributed by atoms with van der Waals surface area (Å²) in [5, 5.41) is 10.1. The Bertz CT molecular complexity index is 181. The first-order valence-corrected chi connectivity index (χ1v) is 6.25. The molecule has 0 aliphatic heterocycles. The highest BCUT2D eigenvalue weighted by Gasteiger charge is 2.29. The summed E-state index contributed by atoms with van der Waals surface area (Å²) in [5.41, 5.74) is 0. The van der Waals surface area contributed by atoms with E-state index in [2.05, 4.69) is 13.8 Å². The average Bonchev–Trinajstić information content (AvgIpc) is 2.21. The van der Waals surface area contributed by atoms with Gasteiger partial charge in [-0.2, -0.15) is 0 Å². The topological polar surface area (TPSA) is 29.5 Å². The zero-order valence-corrected chi connectivity index (χ0v) is 10.6. The Morgan fingerprint density at radius 3 is 2.47 bits per heavy atom. The Kier molecular flexibility index (Phi) is 5.07. The van der Waals surface area contributed by atoms with E-state index in [1.165, 1.54) is 19.3 Å². The van der Waals surface area contributed by atoms with Gasteiger partial charge in [0.2, 0.25) is 0 Å². The molecule has 0 heterocycles. The van der Waals surface area contributed by atoms with Gasteiger partial charge in [-0.1, -0.05) is 20.3 Å². The van der Waals surface area contributed by atoms with Gasteiger partial charge in [-0.25, -0.2) is 0 Å². The lowest BCUT2D eigenvalue weighted by molar-refractivity contribution is 0.00629. The molecule has 0 spiro atoms. The van der Waals surface area contributed by atoms with E-state index in [-0.39, 0.29) is 12.2 Å². The summed E-state index contributed by atoms with van der Waals surface area (Å²) >= 11 is 0. The number of ether oxygens (including phenoxy) is 1. The molecule has 5 atom stereocenters. The molecule has 15 heavy (non-hydrogen) atoms. The van der Waals surface area contributed by atoms with Crippen LogP contribution in [0.15, 0.2) is 0 Å². The van der Waals surface area contributed by atoms with Crippen molar-refractivity contribution in [3.8, 4) is 0 Å². The molecule has 1 fully saturated rings. The molecule has 2 nitrogen and oxygen atoms in total. The second-order valence-corrected chi connectivity index (χ2v) is 5.38. The summed E-state index contributed by atoms with van der Waals surface area (Å²) in [6, 6.07) is 0. The van der Waals surface area contributed by atoms with Gasteiger partial charge in [-0.3, -0.25) is 0 Å². The Hall–Kier alpha value is -0.0800. The first-order chi connectivity index (χ1) is 7.04. The molecule has 0 aromatic carbocycles. The van der Waals surface area contributed by atoms with Crippen LogP contribution in [0, 0.1) is 17.8 Å². The molecule has 1 N–H and O–H groups in total. The van der Waals surface area contributed by atoms with Crippen LogP contribution in [0.1, 0.15) is 46.5 Å². The van der Waals surface area contributed by atoms with E-state index in [0.717, 1.165) is 18.3 Å². The van der Waals surface area contributed by atoms with Gasteiger partial charge in [0.1, 0.15) is 0 Å². The molecular weight excluding hydrogens is 188 g/mol. The van der Waals surface area contributed by atoms with Crippen LogP contribution >= 0.6 is 0 Å². The third-order valence-electron chi connectivity index (χ3n) is 4.16. The lowest BCUT2D eigenvalue weighted by Gasteiger charge is -2.35. The van der Waals surface area contributed by atoms with E-state index < -0.39 is 0 Å². The quantitative estimate of drug-likeness (QED) is 0.779. The first kappa shape index (κ1) is 13.0. The fourth-order valence-corrected chi connectivity index (χ4v) is 2.57. The van der Waals surface area contributed by atoms with Gasteiger partial charge >= 0.3 is 0 Å². The zero-order valence-electron chi connectivity index (χ0n) is 10.6. The molecule has 0 aromatic rings. The third kappa shape index (κ3) is 3.76. The molecule has 1 saturated carbocycles. The smallest absolute Gasteiger partial charge is 0.0593 e. The Morgan fingerprint density at radius 2 is 1.93 bits per heavy atom. The van der Waals surface area contributed by atoms with E-state index in [1.807, 2.05) is 6.92 Å². The maximum atomic E-state index is 10.1. The van der Waals surface area contributed by atoms with Crippen molar-refractivity contribution in [3.05, 3.63) is 0 Å². The predicted octanol–water partition coefficient (Wildman–Crippen LogP) is 2.84. The minimum atomic E-state index is -0.171. The van der Waals surface area contributed by atoms with E-state index in [0.29, 0.717) is 5.92 Å². The first-order valence-electron chi connectivity index (χ1n) is 6.25. The molecule has 1 aliphatic carbocycles. The predicted molar refractivity (Wildman–Crippen MR) is 62.8 cm³/mol. The van der Waals surface area contributed by atoms with Crippen LogP contribution in [0.25, 0.3) is 0 Å². The SMILES string of the molecule is COC(C)CC(O)C1CCC(C)C(C)C1. The Labute approximate surface area is 94.0 Å². The number of hydrogen-bond donors (Lipinski definition) is 1. The van der Waals surface area contributed by atoms with E-state index in [1.54, 1.807) is 7.11 Å². The molecule has 5 unspecified atom stereocenters. The maximum absolute atomic E-state index is 10.1. The van der Waals surface area contributed by atoms with Crippen LogP contribution in [0.4, 0.5) is 0 Å². The monoisotopic (exact) mass is 214 g/mol. The minimum absolute atomic E-state index is 0.171. The van der Waals surface area contributed by atoms with E-state index in [9.17, 15) is 5.11 Å². The highest BCUT2D eigenvalue weighted by molar-refractivity contribution is 4.80. The Morgan fingerprint density at radius 1 is 1.27 bits per heavy atom. The zero-order chi connectivity index (χ0) is 11.4. The highest BCUT2D eigenvalue weighted by atomic mass is 16.5. The van der Waals surface area contributed by atoms with Gasteiger partial charge in [0.05, 0.1) is 12.2 Å². The second-order valence-electron chi connectivity index (χ2n) is 5.38. The van der Waals surface area contributed by atoms with Crippen LogP contribution in [0.2, 0.25) is 0 Å². The van der Waals surface area contributed by atoms with Crippen molar-refractivity contribution in [2.45, 2.75) is 58.7 Å². The molecule has 0 bridgehead atoms. The number of aliphatic hydroxyl groups excluding tert-OH is 1. The van der Waals surface area contributed by atoms with E-state index >= 15 is 0 Å². The summed E-state index contributed by atoms with van der Waals surface area (Å²) in [5.74, 6) is 2.08. The van der Waals surface area contributed by atoms with Gasteiger partial charge in [-0.15, -0.1) is 0 Å². The molecule has 90 valence electrons. The highest BCUT2D eigenvalue weighted by Crippen LogP contribution is 2.35. The standard InChI is InChI=1S/C13H26O2/c1-9-5-6-12(7-10(9)2)13(14)8-11(3)15-4/h9-14H,5-8H2,1-4H3. The summed E-state index contributed by atoms with van der Waals surface area (Å²) < 4.78 is 5.20. The molecular formula is C13H26O2. The van der Waals surface area contributed by atoms with Crippen molar-refractivity contribution in [1.29, 1.82) is 0 Å². The van der Waals surface area contributed by atoms with Crippen LogP contribution in [0.3, 0.4) is 0 Å². The van der Waals surface area contributed by atoms with Crippen LogP contribution in [-0.4, -0.2) is 24.4 Å². The largest absolute Gasteiger partial charge is 0.393 e. The van der Waals surface area contributed by atoms with Crippen LogP contribution in [0.5, 0.6) is 0 Å². The average molecular weight is 214 g/mol. The van der Waals surface area contributed by atoms with Gasteiger partial charge in [0.25, 0.3) is 0 Å². The van der Waals surface area contributed by atoms with Gasteiger partial charge < -0.3 is 9.84 Å². The van der Waals surface area contributed by atoms with Gasteiger partial charge in [0, 0.05) is 7.11 Å². The van der Waals surface area contributed by atoms with Crippen molar-refractivity contribution in [3.63, 3.8) is 0 Å². The van der Waals surface area contributed by atoms with Crippen molar-refractivity contribution in [1.82, 2.24) is 0 Å². The van der Waals surface area contributed by atoms with E-state index in [4.69, 9.17) is 4.74 Å². The van der Waals surface area contributed by atoms with Gasteiger partial charge in [-0.05, 0) is 43.9 Å². The third-order valence-corrected chi connectivity index (χ3v) is 4.16. The minimum Gasteiger partial charge on any atom is -0.393 e. The molecule has 0 saturated heterocycles. The van der Waals surface area contributed by atoms with Crippen LogP contribution < -0.4 is 0 Å². The molecule has 1 rings (SSSR count). The summed E-state index contributed by atoms with van der Waals surface area (Å²) in [6.07, 6.45) is 4.42.